The minimum Gasteiger partial charge on any atom is -0.370 e. The Hall–Kier alpha value is -1.62. The molecule has 1 aromatic rings. The molecule has 1 heterocycles. The average molecular weight is 262 g/mol. The number of hydrogen-bond acceptors (Lipinski definition) is 4. The van der Waals surface area contributed by atoms with Gasteiger partial charge in [0.2, 0.25) is 0 Å². The molecule has 1 aliphatic rings. The van der Waals surface area contributed by atoms with Gasteiger partial charge < -0.3 is 15.5 Å². The number of carbonyl (C=O) groups excluding carboxylic acids is 1. The first-order chi connectivity index (χ1) is 9.20. The lowest BCUT2D eigenvalue weighted by atomic mass is 10.2. The van der Waals surface area contributed by atoms with Crippen molar-refractivity contribution in [3.05, 3.63) is 23.9 Å². The normalized spacial score (nSPS) is 14.5. The van der Waals surface area contributed by atoms with Gasteiger partial charge in [0, 0.05) is 31.9 Å². The van der Waals surface area contributed by atoms with E-state index in [0.29, 0.717) is 12.1 Å². The van der Waals surface area contributed by atoms with Crippen molar-refractivity contribution in [2.75, 3.05) is 32.0 Å². The fourth-order valence-electron chi connectivity index (χ4n) is 1.96. The van der Waals surface area contributed by atoms with E-state index in [-0.39, 0.29) is 5.91 Å². The van der Waals surface area contributed by atoms with Crippen LogP contribution in [0.2, 0.25) is 0 Å². The molecule has 0 aliphatic heterocycles. The summed E-state index contributed by atoms with van der Waals surface area (Å²) in [5.41, 5.74) is 0.607. The molecule has 5 heteroatoms. The van der Waals surface area contributed by atoms with Crippen LogP contribution in [0.5, 0.6) is 0 Å². The summed E-state index contributed by atoms with van der Waals surface area (Å²) >= 11 is 0. The average Bonchev–Trinajstić information content (AvgIpc) is 3.24. The number of rotatable bonds is 7. The van der Waals surface area contributed by atoms with Crippen LogP contribution in [0.15, 0.2) is 18.3 Å². The number of carbonyl (C=O) groups is 1. The Morgan fingerprint density at radius 2 is 2.26 bits per heavy atom. The maximum absolute atomic E-state index is 11.9. The predicted octanol–water partition coefficient (Wildman–Crippen LogP) is 1.34. The zero-order valence-corrected chi connectivity index (χ0v) is 11.6. The Labute approximate surface area is 114 Å². The van der Waals surface area contributed by atoms with Gasteiger partial charge in [0.15, 0.2) is 0 Å². The predicted molar refractivity (Wildman–Crippen MR) is 76.4 cm³/mol. The Bertz CT molecular complexity index is 414. The second-order valence-corrected chi connectivity index (χ2v) is 4.93. The van der Waals surface area contributed by atoms with Gasteiger partial charge in [-0.15, -0.1) is 0 Å². The summed E-state index contributed by atoms with van der Waals surface area (Å²) in [5.74, 6) is 0.743. The minimum absolute atomic E-state index is 0.0558. The molecule has 1 saturated carbocycles. The van der Waals surface area contributed by atoms with Gasteiger partial charge in [0.25, 0.3) is 5.91 Å². The fraction of sp³-hybridized carbons (Fsp3) is 0.571. The highest BCUT2D eigenvalue weighted by molar-refractivity contribution is 5.94. The molecule has 104 valence electrons. The molecular weight excluding hydrogens is 240 g/mol. The number of hydrogen-bond donors (Lipinski definition) is 2. The topological polar surface area (TPSA) is 57.3 Å². The third-order valence-corrected chi connectivity index (χ3v) is 3.30. The first-order valence-electron chi connectivity index (χ1n) is 6.89. The number of nitrogens with one attached hydrogen (secondary N) is 2. The lowest BCUT2D eigenvalue weighted by Crippen LogP contribution is -2.34. The molecule has 2 N–H and O–H groups in total. The molecule has 5 nitrogen and oxygen atoms in total. The molecule has 0 aromatic carbocycles. The van der Waals surface area contributed by atoms with Crippen molar-refractivity contribution in [2.45, 2.75) is 25.8 Å². The number of nitrogens with zero attached hydrogens (tertiary/aromatic N) is 2. The smallest absolute Gasteiger partial charge is 0.252 e. The van der Waals surface area contributed by atoms with Gasteiger partial charge in [-0.25, -0.2) is 4.98 Å². The van der Waals surface area contributed by atoms with E-state index in [1.165, 1.54) is 12.8 Å². The molecule has 1 amide bonds. The van der Waals surface area contributed by atoms with E-state index >= 15 is 0 Å². The van der Waals surface area contributed by atoms with Gasteiger partial charge in [-0.3, -0.25) is 4.79 Å². The molecular formula is C14H22N4O. The number of anilines is 1. The van der Waals surface area contributed by atoms with Crippen molar-refractivity contribution in [1.29, 1.82) is 0 Å². The Morgan fingerprint density at radius 3 is 2.84 bits per heavy atom. The van der Waals surface area contributed by atoms with Crippen molar-refractivity contribution in [3.8, 4) is 0 Å². The van der Waals surface area contributed by atoms with Crippen molar-refractivity contribution in [2.24, 2.45) is 0 Å². The monoisotopic (exact) mass is 262 g/mol. The minimum atomic E-state index is -0.0558. The first-order valence-corrected chi connectivity index (χ1v) is 6.89. The molecule has 2 rings (SSSR count). The van der Waals surface area contributed by atoms with E-state index in [4.69, 9.17) is 0 Å². The van der Waals surface area contributed by atoms with Crippen LogP contribution in [-0.2, 0) is 0 Å². The summed E-state index contributed by atoms with van der Waals surface area (Å²) in [4.78, 5) is 18.4. The largest absolute Gasteiger partial charge is 0.370 e. The highest BCUT2D eigenvalue weighted by Gasteiger charge is 2.25. The van der Waals surface area contributed by atoms with Crippen LogP contribution in [0.25, 0.3) is 0 Å². The Balaban J connectivity index is 1.75. The summed E-state index contributed by atoms with van der Waals surface area (Å²) in [6.07, 6.45) is 4.19. The molecule has 0 spiro atoms. The highest BCUT2D eigenvalue weighted by Crippen LogP contribution is 2.24. The lowest BCUT2D eigenvalue weighted by molar-refractivity contribution is 0.0949. The van der Waals surface area contributed by atoms with Crippen LogP contribution in [0.1, 0.15) is 30.1 Å². The summed E-state index contributed by atoms with van der Waals surface area (Å²) in [7, 11) is 2.11. The van der Waals surface area contributed by atoms with E-state index in [2.05, 4.69) is 27.6 Å². The van der Waals surface area contributed by atoms with E-state index < -0.39 is 0 Å². The van der Waals surface area contributed by atoms with Crippen LogP contribution in [0.3, 0.4) is 0 Å². The SMILES string of the molecule is CCNc1ccc(C(=O)NCCN(C)C2CC2)cn1. The second kappa shape index (κ2) is 6.52. The van der Waals surface area contributed by atoms with E-state index in [1.807, 2.05) is 13.0 Å². The third kappa shape index (κ3) is 4.21. The van der Waals surface area contributed by atoms with Crippen molar-refractivity contribution in [1.82, 2.24) is 15.2 Å². The molecule has 19 heavy (non-hydrogen) atoms. The zero-order chi connectivity index (χ0) is 13.7. The molecule has 0 radical (unpaired) electrons. The molecule has 0 atom stereocenters. The van der Waals surface area contributed by atoms with Crippen molar-refractivity contribution >= 4 is 11.7 Å². The number of pyridine rings is 1. The number of aromatic nitrogens is 1. The Morgan fingerprint density at radius 1 is 1.47 bits per heavy atom. The van der Waals surface area contributed by atoms with Gasteiger partial charge in [0.05, 0.1) is 5.56 Å². The van der Waals surface area contributed by atoms with Crippen molar-refractivity contribution < 1.29 is 4.79 Å². The van der Waals surface area contributed by atoms with E-state index in [0.717, 1.165) is 24.9 Å². The molecule has 0 saturated heterocycles. The maximum Gasteiger partial charge on any atom is 0.252 e. The molecule has 0 unspecified atom stereocenters. The second-order valence-electron chi connectivity index (χ2n) is 4.93. The van der Waals surface area contributed by atoms with Gasteiger partial charge in [0.1, 0.15) is 5.82 Å². The molecule has 1 fully saturated rings. The zero-order valence-electron chi connectivity index (χ0n) is 11.6. The number of likely N-dealkylation sites (N-methyl/N-ethyl adjacent to an activating group) is 1. The van der Waals surface area contributed by atoms with Gasteiger partial charge in [-0.05, 0) is 38.9 Å². The standard InChI is InChI=1S/C14H22N4O/c1-3-15-13-7-4-11(10-17-13)14(19)16-8-9-18(2)12-5-6-12/h4,7,10,12H,3,5-6,8-9H2,1-2H3,(H,15,17)(H,16,19). The van der Waals surface area contributed by atoms with Crippen LogP contribution >= 0.6 is 0 Å². The third-order valence-electron chi connectivity index (χ3n) is 3.30. The lowest BCUT2D eigenvalue weighted by Gasteiger charge is -2.15. The quantitative estimate of drug-likeness (QED) is 0.778. The van der Waals surface area contributed by atoms with Crippen LogP contribution in [-0.4, -0.2) is 48.5 Å². The highest BCUT2D eigenvalue weighted by atomic mass is 16.1. The van der Waals surface area contributed by atoms with Crippen LogP contribution in [0, 0.1) is 0 Å². The fourth-order valence-corrected chi connectivity index (χ4v) is 1.96. The first kappa shape index (κ1) is 13.8. The molecule has 0 bridgehead atoms. The maximum atomic E-state index is 11.9. The van der Waals surface area contributed by atoms with Gasteiger partial charge in [-0.1, -0.05) is 0 Å². The summed E-state index contributed by atoms with van der Waals surface area (Å²) in [6, 6.07) is 4.36. The number of amides is 1. The van der Waals surface area contributed by atoms with Crippen LogP contribution < -0.4 is 10.6 Å². The van der Waals surface area contributed by atoms with E-state index in [9.17, 15) is 4.79 Å². The summed E-state index contributed by atoms with van der Waals surface area (Å²) in [5, 5.41) is 6.02. The summed E-state index contributed by atoms with van der Waals surface area (Å²) in [6.45, 7) is 4.42. The van der Waals surface area contributed by atoms with Gasteiger partial charge >= 0.3 is 0 Å². The van der Waals surface area contributed by atoms with Crippen LogP contribution in [0.4, 0.5) is 5.82 Å². The Kier molecular flexibility index (Phi) is 4.74. The summed E-state index contributed by atoms with van der Waals surface area (Å²) < 4.78 is 0. The van der Waals surface area contributed by atoms with Gasteiger partial charge in [-0.2, -0.15) is 0 Å². The molecule has 1 aromatic heterocycles. The van der Waals surface area contributed by atoms with Crippen molar-refractivity contribution in [3.63, 3.8) is 0 Å². The molecule has 1 aliphatic carbocycles. The van der Waals surface area contributed by atoms with E-state index in [1.54, 1.807) is 12.3 Å².